The number of ether oxygens (including phenoxy) is 2. The predicted molar refractivity (Wildman–Crippen MR) is 97.6 cm³/mol. The Balaban J connectivity index is 1.64. The van der Waals surface area contributed by atoms with E-state index in [4.69, 9.17) is 14.0 Å². The molecule has 2 aromatic carbocycles. The first-order valence-electron chi connectivity index (χ1n) is 8.53. The van der Waals surface area contributed by atoms with Crippen molar-refractivity contribution in [3.63, 3.8) is 0 Å². The normalized spacial score (nSPS) is 16.5. The fraction of sp³-hybridized carbons (Fsp3) is 0.300. The highest BCUT2D eigenvalue weighted by Crippen LogP contribution is 2.30. The van der Waals surface area contributed by atoms with E-state index in [0.717, 1.165) is 23.1 Å². The van der Waals surface area contributed by atoms with Gasteiger partial charge in [0.25, 0.3) is 0 Å². The predicted octanol–water partition coefficient (Wildman–Crippen LogP) is 2.98. The van der Waals surface area contributed by atoms with Gasteiger partial charge in [0, 0.05) is 24.6 Å². The zero-order chi connectivity index (χ0) is 18.1. The Morgan fingerprint density at radius 2 is 2.12 bits per heavy atom. The van der Waals surface area contributed by atoms with Crippen molar-refractivity contribution < 1.29 is 18.8 Å². The Kier molecular flexibility index (Phi) is 4.34. The van der Waals surface area contributed by atoms with Gasteiger partial charge in [0.2, 0.25) is 5.91 Å². The average molecular weight is 352 g/mol. The molecule has 1 aliphatic heterocycles. The lowest BCUT2D eigenvalue weighted by Gasteiger charge is -2.33. The second-order valence-electron chi connectivity index (χ2n) is 6.36. The monoisotopic (exact) mass is 352 g/mol. The smallest absolute Gasteiger partial charge is 0.233 e. The SMILES string of the molecule is COc1ccc2onc(CC(=O)N3C[C@H](OC)Cc4ccccc43)c2c1. The maximum Gasteiger partial charge on any atom is 0.233 e. The van der Waals surface area contributed by atoms with Crippen molar-refractivity contribution in [1.82, 2.24) is 5.16 Å². The molecule has 0 radical (unpaired) electrons. The number of para-hydroxylation sites is 1. The molecule has 6 nitrogen and oxygen atoms in total. The van der Waals surface area contributed by atoms with E-state index in [-0.39, 0.29) is 18.4 Å². The highest BCUT2D eigenvalue weighted by Gasteiger charge is 2.29. The van der Waals surface area contributed by atoms with Crippen LogP contribution in [0.3, 0.4) is 0 Å². The summed E-state index contributed by atoms with van der Waals surface area (Å²) < 4.78 is 16.1. The molecular weight excluding hydrogens is 332 g/mol. The minimum atomic E-state index is -0.0304. The van der Waals surface area contributed by atoms with Gasteiger partial charge in [0.15, 0.2) is 5.58 Å². The number of rotatable bonds is 4. The number of fused-ring (bicyclic) bond motifs is 2. The molecule has 0 spiro atoms. The Hall–Kier alpha value is -2.86. The van der Waals surface area contributed by atoms with E-state index >= 15 is 0 Å². The standard InChI is InChI=1S/C20H20N2O4/c1-24-14-7-8-19-16(10-14)17(21-26-19)11-20(23)22-12-15(25-2)9-13-5-3-4-6-18(13)22/h3-8,10,15H,9,11-12H2,1-2H3/t15-/m1/s1. The van der Waals surface area contributed by atoms with Crippen molar-refractivity contribution in [3.8, 4) is 5.75 Å². The van der Waals surface area contributed by atoms with Gasteiger partial charge in [0.05, 0.1) is 26.2 Å². The molecule has 26 heavy (non-hydrogen) atoms. The van der Waals surface area contributed by atoms with Gasteiger partial charge >= 0.3 is 0 Å². The molecule has 0 saturated heterocycles. The summed E-state index contributed by atoms with van der Waals surface area (Å²) in [5.74, 6) is 0.675. The minimum absolute atomic E-state index is 0.0111. The van der Waals surface area contributed by atoms with Gasteiger partial charge in [-0.25, -0.2) is 0 Å². The first-order valence-corrected chi connectivity index (χ1v) is 8.53. The lowest BCUT2D eigenvalue weighted by molar-refractivity contribution is -0.118. The Labute approximate surface area is 151 Å². The van der Waals surface area contributed by atoms with Crippen LogP contribution >= 0.6 is 0 Å². The first kappa shape index (κ1) is 16.6. The van der Waals surface area contributed by atoms with Crippen LogP contribution < -0.4 is 9.64 Å². The van der Waals surface area contributed by atoms with Crippen LogP contribution in [0.5, 0.6) is 5.75 Å². The van der Waals surface area contributed by atoms with E-state index in [1.807, 2.05) is 36.4 Å². The first-order chi connectivity index (χ1) is 12.7. The zero-order valence-corrected chi connectivity index (χ0v) is 14.8. The molecule has 0 aliphatic carbocycles. The Bertz CT molecular complexity index is 950. The van der Waals surface area contributed by atoms with Crippen molar-refractivity contribution in [1.29, 1.82) is 0 Å². The average Bonchev–Trinajstić information content (AvgIpc) is 3.08. The van der Waals surface area contributed by atoms with E-state index in [0.29, 0.717) is 23.6 Å². The molecule has 1 amide bonds. The molecule has 2 heterocycles. The van der Waals surface area contributed by atoms with Gasteiger partial charge in [-0.15, -0.1) is 0 Å². The summed E-state index contributed by atoms with van der Waals surface area (Å²) in [4.78, 5) is 14.8. The summed E-state index contributed by atoms with van der Waals surface area (Å²) in [5, 5.41) is 4.89. The molecule has 4 rings (SSSR count). The van der Waals surface area contributed by atoms with E-state index in [1.54, 1.807) is 25.2 Å². The van der Waals surface area contributed by atoms with Gasteiger partial charge in [-0.2, -0.15) is 0 Å². The maximum absolute atomic E-state index is 13.0. The highest BCUT2D eigenvalue weighted by atomic mass is 16.5. The third kappa shape index (κ3) is 2.93. The van der Waals surface area contributed by atoms with E-state index in [1.165, 1.54) is 0 Å². The summed E-state index contributed by atoms with van der Waals surface area (Å²) in [7, 11) is 3.29. The Morgan fingerprint density at radius 1 is 1.27 bits per heavy atom. The molecule has 1 atom stereocenters. The summed E-state index contributed by atoms with van der Waals surface area (Å²) in [6.07, 6.45) is 0.953. The van der Waals surface area contributed by atoms with Crippen LogP contribution in [-0.4, -0.2) is 37.9 Å². The van der Waals surface area contributed by atoms with Gasteiger partial charge in [-0.3, -0.25) is 4.79 Å². The number of carbonyl (C=O) groups excluding carboxylic acids is 1. The molecule has 6 heteroatoms. The number of hydrogen-bond donors (Lipinski definition) is 0. The summed E-state index contributed by atoms with van der Waals surface area (Å²) in [6.45, 7) is 0.533. The topological polar surface area (TPSA) is 64.8 Å². The van der Waals surface area contributed by atoms with Crippen molar-refractivity contribution >= 4 is 22.6 Å². The van der Waals surface area contributed by atoms with Crippen molar-refractivity contribution in [3.05, 3.63) is 53.7 Å². The number of carbonyl (C=O) groups is 1. The lowest BCUT2D eigenvalue weighted by atomic mass is 9.99. The fourth-order valence-corrected chi connectivity index (χ4v) is 3.41. The van der Waals surface area contributed by atoms with Crippen molar-refractivity contribution in [2.45, 2.75) is 18.9 Å². The molecule has 3 aromatic rings. The second-order valence-corrected chi connectivity index (χ2v) is 6.36. The van der Waals surface area contributed by atoms with E-state index in [2.05, 4.69) is 5.16 Å². The summed E-state index contributed by atoms with van der Waals surface area (Å²) in [6, 6.07) is 13.4. The number of hydrogen-bond acceptors (Lipinski definition) is 5. The van der Waals surface area contributed by atoms with Gasteiger partial charge in [-0.05, 0) is 29.8 Å². The van der Waals surface area contributed by atoms with E-state index < -0.39 is 0 Å². The number of nitrogens with zero attached hydrogens (tertiary/aromatic N) is 2. The largest absolute Gasteiger partial charge is 0.497 e. The third-order valence-corrected chi connectivity index (χ3v) is 4.82. The zero-order valence-electron chi connectivity index (χ0n) is 14.8. The van der Waals surface area contributed by atoms with Gasteiger partial charge in [0.1, 0.15) is 11.4 Å². The number of methoxy groups -OCH3 is 2. The number of anilines is 1. The summed E-state index contributed by atoms with van der Waals surface area (Å²) >= 11 is 0. The second kappa shape index (κ2) is 6.80. The number of amides is 1. The van der Waals surface area contributed by atoms with Gasteiger partial charge < -0.3 is 18.9 Å². The van der Waals surface area contributed by atoms with Crippen LogP contribution in [-0.2, 0) is 22.4 Å². The molecule has 0 fully saturated rings. The van der Waals surface area contributed by atoms with E-state index in [9.17, 15) is 4.79 Å². The molecule has 0 bridgehead atoms. The molecule has 0 unspecified atom stereocenters. The number of aromatic nitrogens is 1. The highest BCUT2D eigenvalue weighted by molar-refractivity contribution is 5.98. The summed E-state index contributed by atoms with van der Waals surface area (Å²) in [5.41, 5.74) is 3.31. The molecule has 0 N–H and O–H groups in total. The van der Waals surface area contributed by atoms with Crippen LogP contribution in [0.15, 0.2) is 47.0 Å². The third-order valence-electron chi connectivity index (χ3n) is 4.82. The lowest BCUT2D eigenvalue weighted by Crippen LogP contribution is -2.44. The van der Waals surface area contributed by atoms with Crippen LogP contribution in [0.2, 0.25) is 0 Å². The van der Waals surface area contributed by atoms with Crippen molar-refractivity contribution in [2.24, 2.45) is 0 Å². The number of benzene rings is 2. The maximum atomic E-state index is 13.0. The fourth-order valence-electron chi connectivity index (χ4n) is 3.41. The molecule has 1 aliphatic rings. The molecule has 134 valence electrons. The van der Waals surface area contributed by atoms with Crippen LogP contribution in [0.25, 0.3) is 11.0 Å². The van der Waals surface area contributed by atoms with Crippen molar-refractivity contribution in [2.75, 3.05) is 25.7 Å². The quantitative estimate of drug-likeness (QED) is 0.722. The molecule has 1 aromatic heterocycles. The van der Waals surface area contributed by atoms with Gasteiger partial charge in [-0.1, -0.05) is 23.4 Å². The van der Waals surface area contributed by atoms with Crippen LogP contribution in [0, 0.1) is 0 Å². The minimum Gasteiger partial charge on any atom is -0.497 e. The Morgan fingerprint density at radius 3 is 2.92 bits per heavy atom. The van der Waals surface area contributed by atoms with Crippen LogP contribution in [0.1, 0.15) is 11.3 Å². The molecule has 0 saturated carbocycles. The molecular formula is C20H20N2O4. The van der Waals surface area contributed by atoms with Crippen LogP contribution in [0.4, 0.5) is 5.69 Å².